The minimum Gasteiger partial charge on any atom is -0.336 e. The zero-order chi connectivity index (χ0) is 25.5. The molecule has 0 unspecified atom stereocenters. The van der Waals surface area contributed by atoms with Crippen LogP contribution in [-0.2, 0) is 4.79 Å². The third kappa shape index (κ3) is 4.12. The fraction of sp³-hybridized carbons (Fsp3) is 0.214. The molecule has 1 amide bonds. The van der Waals surface area contributed by atoms with E-state index in [9.17, 15) is 4.79 Å². The zero-order valence-electron chi connectivity index (χ0n) is 20.4. The lowest BCUT2D eigenvalue weighted by atomic mass is 9.88. The van der Waals surface area contributed by atoms with Crippen molar-refractivity contribution in [3.05, 3.63) is 59.7 Å². The van der Waals surface area contributed by atoms with Crippen LogP contribution in [0.4, 0.5) is 5.69 Å². The number of hydrogen-bond donors (Lipinski definition) is 3. The lowest BCUT2D eigenvalue weighted by molar-refractivity contribution is -0.120. The Morgan fingerprint density at radius 2 is 1.84 bits per heavy atom. The van der Waals surface area contributed by atoms with E-state index in [-0.39, 0.29) is 11.8 Å². The fourth-order valence-corrected chi connectivity index (χ4v) is 5.78. The monoisotopic (exact) mass is 520 g/mol. The Bertz CT molecular complexity index is 1760. The predicted octanol–water partition coefficient (Wildman–Crippen LogP) is 6.21. The highest BCUT2D eigenvalue weighted by molar-refractivity contribution is 7.08. The molecule has 1 fully saturated rings. The number of pyridine rings is 3. The summed E-state index contributed by atoms with van der Waals surface area (Å²) >= 11 is 1.63. The number of anilines is 1. The van der Waals surface area contributed by atoms with Gasteiger partial charge in [0.15, 0.2) is 11.5 Å². The Morgan fingerprint density at radius 1 is 0.947 bits per heavy atom. The van der Waals surface area contributed by atoms with E-state index in [1.807, 2.05) is 35.7 Å². The molecule has 0 aliphatic heterocycles. The van der Waals surface area contributed by atoms with Crippen LogP contribution in [0.5, 0.6) is 0 Å². The van der Waals surface area contributed by atoms with Crippen molar-refractivity contribution in [2.75, 3.05) is 5.32 Å². The maximum absolute atomic E-state index is 12.7. The number of nitrogens with one attached hydrogen (secondary N) is 3. The molecular weight excluding hydrogens is 496 g/mol. The van der Waals surface area contributed by atoms with E-state index >= 15 is 0 Å². The Kier molecular flexibility index (Phi) is 5.66. The maximum Gasteiger partial charge on any atom is 0.227 e. The molecule has 1 saturated carbocycles. The van der Waals surface area contributed by atoms with E-state index in [0.29, 0.717) is 22.7 Å². The lowest BCUT2D eigenvalue weighted by Crippen LogP contribution is -2.24. The number of nitrogens with zero attached hydrogens (tertiary/aromatic N) is 5. The second-order valence-electron chi connectivity index (χ2n) is 9.60. The average Bonchev–Trinajstić information content (AvgIpc) is 3.73. The molecule has 1 aliphatic rings. The number of H-pyrrole nitrogens is 2. The van der Waals surface area contributed by atoms with Crippen molar-refractivity contribution in [3.8, 4) is 34.0 Å². The van der Waals surface area contributed by atoms with Gasteiger partial charge in [0.25, 0.3) is 0 Å². The molecule has 0 atom stereocenters. The number of fused-ring (bicyclic) bond motifs is 2. The van der Waals surface area contributed by atoms with Gasteiger partial charge < -0.3 is 10.3 Å². The average molecular weight is 521 g/mol. The van der Waals surface area contributed by atoms with E-state index < -0.39 is 0 Å². The molecule has 188 valence electrons. The van der Waals surface area contributed by atoms with Crippen molar-refractivity contribution in [1.82, 2.24) is 35.1 Å². The quantitative estimate of drug-likeness (QED) is 0.248. The summed E-state index contributed by atoms with van der Waals surface area (Å²) in [6.07, 6.45) is 10.6. The topological polar surface area (TPSA) is 125 Å². The first-order valence-corrected chi connectivity index (χ1v) is 13.7. The summed E-state index contributed by atoms with van der Waals surface area (Å²) in [6.45, 7) is 0. The van der Waals surface area contributed by atoms with Crippen LogP contribution in [0.25, 0.3) is 56.1 Å². The van der Waals surface area contributed by atoms with Crippen LogP contribution >= 0.6 is 11.3 Å². The standard InChI is InChI=1S/C28H24N8OS/c37-28(16-4-2-1-3-5-16)31-19-12-18(13-29-14-19)20-6-7-22-25(32-20)26(36-35-22)27-33-21-8-10-30-23(24(21)34-27)17-9-11-38-15-17/h6-16H,1-5H2,(H,31,37)(H,33,34)(H,35,36). The molecule has 6 heterocycles. The molecule has 38 heavy (non-hydrogen) atoms. The number of carbonyl (C=O) groups is 1. The summed E-state index contributed by atoms with van der Waals surface area (Å²) < 4.78 is 0. The summed E-state index contributed by atoms with van der Waals surface area (Å²) in [5, 5.41) is 14.7. The molecule has 3 N–H and O–H groups in total. The third-order valence-corrected chi connectivity index (χ3v) is 7.79. The minimum absolute atomic E-state index is 0.0744. The van der Waals surface area contributed by atoms with E-state index in [1.165, 1.54) is 6.42 Å². The minimum atomic E-state index is 0.0744. The van der Waals surface area contributed by atoms with Gasteiger partial charge in [-0.25, -0.2) is 9.97 Å². The second kappa shape index (κ2) is 9.46. The van der Waals surface area contributed by atoms with E-state index in [4.69, 9.17) is 9.97 Å². The first-order valence-electron chi connectivity index (χ1n) is 12.7. The molecule has 0 bridgehead atoms. The van der Waals surface area contributed by atoms with Gasteiger partial charge in [0.1, 0.15) is 11.0 Å². The highest BCUT2D eigenvalue weighted by Gasteiger charge is 2.22. The number of aromatic nitrogens is 7. The normalized spacial score (nSPS) is 14.3. The first-order chi connectivity index (χ1) is 18.7. The van der Waals surface area contributed by atoms with Gasteiger partial charge >= 0.3 is 0 Å². The van der Waals surface area contributed by atoms with Gasteiger partial charge in [0.05, 0.1) is 34.3 Å². The summed E-state index contributed by atoms with van der Waals surface area (Å²) in [5.74, 6) is 0.770. The highest BCUT2D eigenvalue weighted by Crippen LogP contribution is 2.32. The van der Waals surface area contributed by atoms with Gasteiger partial charge in [-0.2, -0.15) is 16.4 Å². The number of amides is 1. The summed E-state index contributed by atoms with van der Waals surface area (Å²) in [4.78, 5) is 34.8. The Labute approximate surface area is 221 Å². The van der Waals surface area contributed by atoms with Crippen molar-refractivity contribution in [3.63, 3.8) is 0 Å². The predicted molar refractivity (Wildman–Crippen MR) is 149 cm³/mol. The number of rotatable bonds is 5. The number of carbonyl (C=O) groups excluding carboxylic acids is 1. The van der Waals surface area contributed by atoms with Crippen molar-refractivity contribution >= 4 is 45.0 Å². The van der Waals surface area contributed by atoms with Gasteiger partial charge in [-0.3, -0.25) is 19.9 Å². The Morgan fingerprint density at radius 3 is 2.71 bits per heavy atom. The van der Waals surface area contributed by atoms with Crippen LogP contribution < -0.4 is 5.32 Å². The fourth-order valence-electron chi connectivity index (χ4n) is 5.14. The summed E-state index contributed by atoms with van der Waals surface area (Å²) in [5.41, 5.74) is 7.90. The van der Waals surface area contributed by atoms with Crippen LogP contribution in [0.15, 0.2) is 59.7 Å². The van der Waals surface area contributed by atoms with Gasteiger partial charge in [-0.1, -0.05) is 19.3 Å². The van der Waals surface area contributed by atoms with Crippen LogP contribution in [0, 0.1) is 5.92 Å². The van der Waals surface area contributed by atoms with Crippen molar-refractivity contribution in [2.45, 2.75) is 32.1 Å². The molecule has 6 aromatic rings. The molecule has 0 aromatic carbocycles. The number of thiophene rings is 1. The van der Waals surface area contributed by atoms with Crippen LogP contribution in [0.1, 0.15) is 32.1 Å². The van der Waals surface area contributed by atoms with Gasteiger partial charge in [0.2, 0.25) is 5.91 Å². The van der Waals surface area contributed by atoms with Gasteiger partial charge in [-0.05, 0) is 48.6 Å². The second-order valence-corrected chi connectivity index (χ2v) is 10.4. The van der Waals surface area contributed by atoms with Crippen LogP contribution in [-0.4, -0.2) is 41.0 Å². The van der Waals surface area contributed by atoms with Gasteiger partial charge in [-0.15, -0.1) is 0 Å². The number of hydrogen-bond acceptors (Lipinski definition) is 7. The smallest absolute Gasteiger partial charge is 0.227 e. The van der Waals surface area contributed by atoms with E-state index in [0.717, 1.165) is 64.7 Å². The SMILES string of the molecule is O=C(Nc1cncc(-c2ccc3[nH]nc(-c4nc5c(-c6ccsc6)nccc5[nH]4)c3n2)c1)C1CCCCC1. The Hall–Kier alpha value is -4.44. The summed E-state index contributed by atoms with van der Waals surface area (Å²) in [6, 6.07) is 9.74. The van der Waals surface area contributed by atoms with Gasteiger partial charge in [0, 0.05) is 34.8 Å². The van der Waals surface area contributed by atoms with E-state index in [1.54, 1.807) is 29.9 Å². The van der Waals surface area contributed by atoms with Crippen LogP contribution in [0.3, 0.4) is 0 Å². The number of aromatic amines is 2. The molecule has 7 rings (SSSR count). The van der Waals surface area contributed by atoms with Crippen molar-refractivity contribution in [2.24, 2.45) is 5.92 Å². The molecule has 0 radical (unpaired) electrons. The highest BCUT2D eigenvalue weighted by atomic mass is 32.1. The van der Waals surface area contributed by atoms with E-state index in [2.05, 4.69) is 35.8 Å². The molecule has 6 aromatic heterocycles. The van der Waals surface area contributed by atoms with Crippen molar-refractivity contribution in [1.29, 1.82) is 0 Å². The molecular formula is C28H24N8OS. The molecule has 1 aliphatic carbocycles. The largest absolute Gasteiger partial charge is 0.336 e. The Balaban J connectivity index is 1.23. The number of imidazole rings is 1. The molecule has 10 heteroatoms. The maximum atomic E-state index is 12.7. The first kappa shape index (κ1) is 22.7. The molecule has 0 saturated heterocycles. The molecule has 9 nitrogen and oxygen atoms in total. The van der Waals surface area contributed by atoms with Crippen LogP contribution in [0.2, 0.25) is 0 Å². The van der Waals surface area contributed by atoms with Crippen molar-refractivity contribution < 1.29 is 4.79 Å². The summed E-state index contributed by atoms with van der Waals surface area (Å²) in [7, 11) is 0. The third-order valence-electron chi connectivity index (χ3n) is 7.11. The zero-order valence-corrected chi connectivity index (χ0v) is 21.3. The molecule has 0 spiro atoms. The lowest BCUT2D eigenvalue weighted by Gasteiger charge is -2.20.